The van der Waals surface area contributed by atoms with Crippen molar-refractivity contribution in [2.45, 2.75) is 45.7 Å². The van der Waals surface area contributed by atoms with Crippen molar-refractivity contribution in [2.24, 2.45) is 0 Å². The maximum Gasteiger partial charge on any atom is 0.109 e. The van der Waals surface area contributed by atoms with E-state index in [0.29, 0.717) is 12.1 Å². The molecule has 0 saturated carbocycles. The van der Waals surface area contributed by atoms with Gasteiger partial charge in [-0.05, 0) is 26.7 Å². The van der Waals surface area contributed by atoms with Crippen molar-refractivity contribution in [2.75, 3.05) is 13.7 Å². The monoisotopic (exact) mass is 242 g/mol. The fraction of sp³-hybridized carbons (Fsp3) is 0.750. The van der Waals surface area contributed by atoms with Gasteiger partial charge >= 0.3 is 0 Å². The van der Waals surface area contributed by atoms with Crippen LogP contribution < -0.4 is 5.32 Å². The first-order chi connectivity index (χ1) is 7.67. The first kappa shape index (κ1) is 13.6. The molecule has 1 N–H and O–H groups in total. The molecular weight excluding hydrogens is 220 g/mol. The molecule has 3 nitrogen and oxygen atoms in total. The number of aromatic nitrogens is 1. The van der Waals surface area contributed by atoms with Crippen molar-refractivity contribution in [1.82, 2.24) is 10.3 Å². The van der Waals surface area contributed by atoms with E-state index in [2.05, 4.69) is 31.1 Å². The number of ether oxygens (including phenoxy) is 1. The number of methoxy groups -OCH3 is 1. The summed E-state index contributed by atoms with van der Waals surface area (Å²) in [5, 5.41) is 4.72. The molecule has 0 fully saturated rings. The van der Waals surface area contributed by atoms with Crippen molar-refractivity contribution in [3.63, 3.8) is 0 Å². The van der Waals surface area contributed by atoms with Crippen LogP contribution in [0.25, 0.3) is 0 Å². The Morgan fingerprint density at radius 1 is 1.50 bits per heavy atom. The van der Waals surface area contributed by atoms with Crippen molar-refractivity contribution < 1.29 is 4.74 Å². The summed E-state index contributed by atoms with van der Waals surface area (Å²) in [6.07, 6.45) is 4.09. The fourth-order valence-corrected chi connectivity index (χ4v) is 2.43. The Kier molecular flexibility index (Phi) is 5.95. The Morgan fingerprint density at radius 2 is 2.25 bits per heavy atom. The second-order valence-electron chi connectivity index (χ2n) is 4.09. The second-order valence-corrected chi connectivity index (χ2v) is 5.24. The molecular formula is C12H22N2OS. The van der Waals surface area contributed by atoms with E-state index in [1.807, 2.05) is 6.20 Å². The summed E-state index contributed by atoms with van der Waals surface area (Å²) in [5.74, 6) is 0. The summed E-state index contributed by atoms with van der Waals surface area (Å²) in [5.41, 5.74) is 0. The molecule has 1 aromatic rings. The zero-order chi connectivity index (χ0) is 12.0. The van der Waals surface area contributed by atoms with Crippen LogP contribution in [0.15, 0.2) is 6.20 Å². The summed E-state index contributed by atoms with van der Waals surface area (Å²) < 4.78 is 5.07. The lowest BCUT2D eigenvalue weighted by Crippen LogP contribution is -2.29. The largest absolute Gasteiger partial charge is 0.385 e. The average Bonchev–Trinajstić information content (AvgIpc) is 2.74. The van der Waals surface area contributed by atoms with Gasteiger partial charge in [0.15, 0.2) is 0 Å². The summed E-state index contributed by atoms with van der Waals surface area (Å²) in [4.78, 5) is 5.80. The predicted octanol–water partition coefficient (Wildman–Crippen LogP) is 2.78. The molecule has 2 unspecified atom stereocenters. The zero-order valence-electron chi connectivity index (χ0n) is 10.6. The number of nitrogens with one attached hydrogen (secondary N) is 1. The van der Waals surface area contributed by atoms with Crippen molar-refractivity contribution in [1.29, 1.82) is 0 Å². The Balaban J connectivity index is 2.41. The first-order valence-electron chi connectivity index (χ1n) is 5.87. The molecule has 1 heterocycles. The van der Waals surface area contributed by atoms with E-state index in [9.17, 15) is 0 Å². The number of rotatable bonds is 7. The van der Waals surface area contributed by atoms with E-state index in [0.717, 1.165) is 19.4 Å². The summed E-state index contributed by atoms with van der Waals surface area (Å²) in [6, 6.07) is 0.793. The highest BCUT2D eigenvalue weighted by Crippen LogP contribution is 2.20. The van der Waals surface area contributed by atoms with Crippen LogP contribution in [0.3, 0.4) is 0 Å². The standard InChI is InChI=1S/C12H22N2OS/c1-5-11-8-13-12(16-11)10(3)14-9(2)6-7-15-4/h8-10,14H,5-7H2,1-4H3. The molecule has 92 valence electrons. The number of nitrogens with zero attached hydrogens (tertiary/aromatic N) is 1. The molecule has 0 radical (unpaired) electrons. The van der Waals surface area contributed by atoms with Gasteiger partial charge in [-0.25, -0.2) is 4.98 Å². The third-order valence-corrected chi connectivity index (χ3v) is 3.90. The highest BCUT2D eigenvalue weighted by molar-refractivity contribution is 7.11. The second kappa shape index (κ2) is 6.99. The molecule has 0 amide bonds. The molecule has 1 aromatic heterocycles. The van der Waals surface area contributed by atoms with Gasteiger partial charge in [-0.15, -0.1) is 11.3 Å². The lowest BCUT2D eigenvalue weighted by atomic mass is 10.2. The van der Waals surface area contributed by atoms with Crippen LogP contribution in [-0.4, -0.2) is 24.7 Å². The summed E-state index contributed by atoms with van der Waals surface area (Å²) >= 11 is 1.80. The maximum atomic E-state index is 5.07. The van der Waals surface area contributed by atoms with E-state index in [1.165, 1.54) is 9.88 Å². The molecule has 0 aliphatic carbocycles. The van der Waals surface area contributed by atoms with Gasteiger partial charge in [0.25, 0.3) is 0 Å². The van der Waals surface area contributed by atoms with Crippen molar-refractivity contribution >= 4 is 11.3 Å². The van der Waals surface area contributed by atoms with Crippen LogP contribution in [0.1, 0.15) is 43.1 Å². The number of hydrogen-bond acceptors (Lipinski definition) is 4. The maximum absolute atomic E-state index is 5.07. The molecule has 0 aromatic carbocycles. The minimum absolute atomic E-state index is 0.331. The van der Waals surface area contributed by atoms with Crippen LogP contribution in [-0.2, 0) is 11.2 Å². The summed E-state index contributed by atoms with van der Waals surface area (Å²) in [7, 11) is 1.74. The number of hydrogen-bond donors (Lipinski definition) is 1. The van der Waals surface area contributed by atoms with Gasteiger partial charge in [0.2, 0.25) is 0 Å². The lowest BCUT2D eigenvalue weighted by molar-refractivity contribution is 0.183. The minimum atomic E-state index is 0.331. The van der Waals surface area contributed by atoms with Gasteiger partial charge in [-0.2, -0.15) is 0 Å². The zero-order valence-corrected chi connectivity index (χ0v) is 11.4. The topological polar surface area (TPSA) is 34.2 Å². The van der Waals surface area contributed by atoms with E-state index in [4.69, 9.17) is 4.74 Å². The van der Waals surface area contributed by atoms with E-state index in [-0.39, 0.29) is 0 Å². The van der Waals surface area contributed by atoms with Gasteiger partial charge in [0, 0.05) is 30.8 Å². The van der Waals surface area contributed by atoms with Gasteiger partial charge in [-0.3, -0.25) is 0 Å². The van der Waals surface area contributed by atoms with Crippen LogP contribution in [0.4, 0.5) is 0 Å². The fourth-order valence-electron chi connectivity index (χ4n) is 1.56. The Labute approximate surface area is 102 Å². The molecule has 1 rings (SSSR count). The van der Waals surface area contributed by atoms with Crippen LogP contribution in [0, 0.1) is 0 Å². The van der Waals surface area contributed by atoms with E-state index in [1.54, 1.807) is 18.4 Å². The summed E-state index contributed by atoms with van der Waals surface area (Å²) in [6.45, 7) is 7.32. The molecule has 0 spiro atoms. The number of thiazole rings is 1. The Morgan fingerprint density at radius 3 is 2.81 bits per heavy atom. The van der Waals surface area contributed by atoms with Gasteiger partial charge in [0.1, 0.15) is 5.01 Å². The molecule has 4 heteroatoms. The molecule has 0 bridgehead atoms. The van der Waals surface area contributed by atoms with Crippen LogP contribution >= 0.6 is 11.3 Å². The van der Waals surface area contributed by atoms with Gasteiger partial charge in [0.05, 0.1) is 6.04 Å². The predicted molar refractivity (Wildman–Crippen MR) is 69.0 cm³/mol. The van der Waals surface area contributed by atoms with E-state index < -0.39 is 0 Å². The van der Waals surface area contributed by atoms with E-state index >= 15 is 0 Å². The van der Waals surface area contributed by atoms with Gasteiger partial charge in [-0.1, -0.05) is 6.92 Å². The number of aryl methyl sites for hydroxylation is 1. The molecule has 0 aliphatic heterocycles. The van der Waals surface area contributed by atoms with Crippen LogP contribution in [0.5, 0.6) is 0 Å². The smallest absolute Gasteiger partial charge is 0.109 e. The van der Waals surface area contributed by atoms with Crippen molar-refractivity contribution in [3.8, 4) is 0 Å². The normalized spacial score (nSPS) is 15.0. The highest BCUT2D eigenvalue weighted by atomic mass is 32.1. The molecule has 0 saturated heterocycles. The third-order valence-electron chi connectivity index (χ3n) is 2.58. The lowest BCUT2D eigenvalue weighted by Gasteiger charge is -2.17. The van der Waals surface area contributed by atoms with Gasteiger partial charge < -0.3 is 10.1 Å². The molecule has 16 heavy (non-hydrogen) atoms. The van der Waals surface area contributed by atoms with Crippen LogP contribution in [0.2, 0.25) is 0 Å². The minimum Gasteiger partial charge on any atom is -0.385 e. The molecule has 2 atom stereocenters. The van der Waals surface area contributed by atoms with Crippen molar-refractivity contribution in [3.05, 3.63) is 16.1 Å². The highest BCUT2D eigenvalue weighted by Gasteiger charge is 2.12. The Hall–Kier alpha value is -0.450. The first-order valence-corrected chi connectivity index (χ1v) is 6.68. The quantitative estimate of drug-likeness (QED) is 0.798. The SMILES string of the molecule is CCc1cnc(C(C)NC(C)CCOC)s1. The Bertz CT molecular complexity index is 301. The molecule has 0 aliphatic rings. The average molecular weight is 242 g/mol. The third kappa shape index (κ3) is 4.20.